The number of halogens is 1. The lowest BCUT2D eigenvalue weighted by Gasteiger charge is -2.07. The molecule has 0 bridgehead atoms. The maximum absolute atomic E-state index is 11.1. The highest BCUT2D eigenvalue weighted by Crippen LogP contribution is 2.25. The van der Waals surface area contributed by atoms with Crippen molar-refractivity contribution in [2.45, 2.75) is 26.7 Å². The van der Waals surface area contributed by atoms with E-state index in [4.69, 9.17) is 16.3 Å². The van der Waals surface area contributed by atoms with E-state index in [-0.39, 0.29) is 5.78 Å². The summed E-state index contributed by atoms with van der Waals surface area (Å²) in [6, 6.07) is 5.12. The fourth-order valence-corrected chi connectivity index (χ4v) is 1.40. The third-order valence-corrected chi connectivity index (χ3v) is 2.39. The molecule has 0 N–H and O–H groups in total. The number of Topliss-reactive ketones (excluding diaryl/α,β-unsaturated/α-hetero) is 1. The van der Waals surface area contributed by atoms with Crippen molar-refractivity contribution in [3.63, 3.8) is 0 Å². The first kappa shape index (κ1) is 12.1. The van der Waals surface area contributed by atoms with Crippen molar-refractivity contribution >= 4 is 17.4 Å². The average Bonchev–Trinajstić information content (AvgIpc) is 2.20. The van der Waals surface area contributed by atoms with Crippen LogP contribution in [0.5, 0.6) is 5.75 Å². The van der Waals surface area contributed by atoms with Gasteiger partial charge in [-0.05, 0) is 31.5 Å². The second kappa shape index (κ2) is 5.76. The summed E-state index contributed by atoms with van der Waals surface area (Å²) in [6.07, 6.45) is 2.09. The molecule has 0 heterocycles. The van der Waals surface area contributed by atoms with E-state index in [2.05, 4.69) is 6.92 Å². The van der Waals surface area contributed by atoms with Gasteiger partial charge in [0.15, 0.2) is 5.78 Å². The lowest BCUT2D eigenvalue weighted by Crippen LogP contribution is -1.98. The van der Waals surface area contributed by atoms with Crippen LogP contribution in [0.2, 0.25) is 5.02 Å². The SMILES string of the molecule is CCCCOc1ccc(C(C)=O)cc1Cl. The topological polar surface area (TPSA) is 26.3 Å². The van der Waals surface area contributed by atoms with Gasteiger partial charge in [0.1, 0.15) is 5.75 Å². The first-order valence-electron chi connectivity index (χ1n) is 5.08. The number of unbranched alkanes of at least 4 members (excludes halogenated alkanes) is 1. The van der Waals surface area contributed by atoms with Crippen molar-refractivity contribution in [1.29, 1.82) is 0 Å². The second-order valence-electron chi connectivity index (χ2n) is 3.40. The Morgan fingerprint density at radius 3 is 2.73 bits per heavy atom. The molecular weight excluding hydrogens is 212 g/mol. The number of ketones is 1. The zero-order chi connectivity index (χ0) is 11.3. The van der Waals surface area contributed by atoms with Crippen molar-refractivity contribution in [1.82, 2.24) is 0 Å². The molecule has 1 aromatic carbocycles. The molecule has 0 unspecified atom stereocenters. The van der Waals surface area contributed by atoms with Crippen molar-refractivity contribution in [2.75, 3.05) is 6.61 Å². The smallest absolute Gasteiger partial charge is 0.159 e. The molecule has 2 nitrogen and oxygen atoms in total. The molecule has 0 saturated heterocycles. The van der Waals surface area contributed by atoms with Gasteiger partial charge in [-0.15, -0.1) is 0 Å². The van der Waals surface area contributed by atoms with Gasteiger partial charge in [-0.25, -0.2) is 0 Å². The number of ether oxygens (including phenoxy) is 1. The van der Waals surface area contributed by atoms with Gasteiger partial charge < -0.3 is 4.74 Å². The van der Waals surface area contributed by atoms with E-state index in [9.17, 15) is 4.79 Å². The lowest BCUT2D eigenvalue weighted by molar-refractivity contribution is 0.101. The Morgan fingerprint density at radius 1 is 1.47 bits per heavy atom. The molecule has 82 valence electrons. The van der Waals surface area contributed by atoms with Gasteiger partial charge >= 0.3 is 0 Å². The predicted molar refractivity (Wildman–Crippen MR) is 61.9 cm³/mol. The minimum absolute atomic E-state index is 0.0111. The lowest BCUT2D eigenvalue weighted by atomic mass is 10.1. The van der Waals surface area contributed by atoms with Crippen LogP contribution in [-0.4, -0.2) is 12.4 Å². The van der Waals surface area contributed by atoms with Crippen molar-refractivity contribution in [3.05, 3.63) is 28.8 Å². The minimum atomic E-state index is 0.0111. The Morgan fingerprint density at radius 2 is 2.20 bits per heavy atom. The van der Waals surface area contributed by atoms with Gasteiger partial charge in [0, 0.05) is 5.56 Å². The highest BCUT2D eigenvalue weighted by Gasteiger charge is 2.05. The molecule has 3 heteroatoms. The molecule has 0 radical (unpaired) electrons. The van der Waals surface area contributed by atoms with Crippen LogP contribution < -0.4 is 4.74 Å². The molecule has 15 heavy (non-hydrogen) atoms. The molecule has 0 amide bonds. The fraction of sp³-hybridized carbons (Fsp3) is 0.417. The van der Waals surface area contributed by atoms with Gasteiger partial charge in [-0.3, -0.25) is 4.79 Å². The summed E-state index contributed by atoms with van der Waals surface area (Å²) < 4.78 is 5.47. The first-order chi connectivity index (χ1) is 7.15. The molecule has 0 saturated carbocycles. The molecule has 0 spiro atoms. The Hall–Kier alpha value is -1.02. The molecule has 0 aromatic heterocycles. The Balaban J connectivity index is 2.70. The van der Waals surface area contributed by atoms with Crippen LogP contribution in [0, 0.1) is 0 Å². The van der Waals surface area contributed by atoms with Crippen LogP contribution in [0.25, 0.3) is 0 Å². The standard InChI is InChI=1S/C12H15ClO2/c1-3-4-7-15-12-6-5-10(9(2)14)8-11(12)13/h5-6,8H,3-4,7H2,1-2H3. The monoisotopic (exact) mass is 226 g/mol. The van der Waals surface area contributed by atoms with Crippen LogP contribution in [-0.2, 0) is 0 Å². The van der Waals surface area contributed by atoms with E-state index in [1.165, 1.54) is 6.92 Å². The van der Waals surface area contributed by atoms with E-state index in [0.717, 1.165) is 12.8 Å². The van der Waals surface area contributed by atoms with Crippen LogP contribution in [0.3, 0.4) is 0 Å². The summed E-state index contributed by atoms with van der Waals surface area (Å²) in [5.74, 6) is 0.659. The second-order valence-corrected chi connectivity index (χ2v) is 3.81. The molecule has 0 aliphatic carbocycles. The maximum atomic E-state index is 11.1. The van der Waals surface area contributed by atoms with E-state index in [1.807, 2.05) is 0 Å². The Kier molecular flexibility index (Phi) is 4.63. The van der Waals surface area contributed by atoms with Crippen LogP contribution in [0.4, 0.5) is 0 Å². The molecule has 0 fully saturated rings. The zero-order valence-electron chi connectivity index (χ0n) is 9.05. The van der Waals surface area contributed by atoms with Gasteiger partial charge in [-0.2, -0.15) is 0 Å². The Bertz CT molecular complexity index is 347. The largest absolute Gasteiger partial charge is 0.492 e. The molecule has 0 aliphatic heterocycles. The number of carbonyl (C=O) groups excluding carboxylic acids is 1. The summed E-state index contributed by atoms with van der Waals surface area (Å²) in [4.78, 5) is 11.1. The van der Waals surface area contributed by atoms with Crippen LogP contribution in [0.1, 0.15) is 37.0 Å². The molecule has 1 rings (SSSR count). The summed E-state index contributed by atoms with van der Waals surface area (Å²) in [6.45, 7) is 4.28. The van der Waals surface area contributed by atoms with Crippen molar-refractivity contribution in [2.24, 2.45) is 0 Å². The number of benzene rings is 1. The van der Waals surface area contributed by atoms with Gasteiger partial charge in [0.05, 0.1) is 11.6 Å². The zero-order valence-corrected chi connectivity index (χ0v) is 9.80. The van der Waals surface area contributed by atoms with E-state index in [0.29, 0.717) is 22.9 Å². The summed E-state index contributed by atoms with van der Waals surface area (Å²) in [7, 11) is 0. The van der Waals surface area contributed by atoms with E-state index in [1.54, 1.807) is 18.2 Å². The number of hydrogen-bond donors (Lipinski definition) is 0. The summed E-state index contributed by atoms with van der Waals surface area (Å²) >= 11 is 5.98. The predicted octanol–water partition coefficient (Wildman–Crippen LogP) is 3.72. The van der Waals surface area contributed by atoms with Gasteiger partial charge in [-0.1, -0.05) is 24.9 Å². The quantitative estimate of drug-likeness (QED) is 0.565. The third-order valence-electron chi connectivity index (χ3n) is 2.09. The molecule has 0 atom stereocenters. The Labute approximate surface area is 95.2 Å². The van der Waals surface area contributed by atoms with Crippen LogP contribution >= 0.6 is 11.6 Å². The molecule has 1 aromatic rings. The van der Waals surface area contributed by atoms with Gasteiger partial charge in [0.2, 0.25) is 0 Å². The average molecular weight is 227 g/mol. The third kappa shape index (κ3) is 3.56. The highest BCUT2D eigenvalue weighted by molar-refractivity contribution is 6.32. The van der Waals surface area contributed by atoms with E-state index >= 15 is 0 Å². The number of rotatable bonds is 5. The summed E-state index contributed by atoms with van der Waals surface area (Å²) in [5.41, 5.74) is 0.614. The first-order valence-corrected chi connectivity index (χ1v) is 5.46. The maximum Gasteiger partial charge on any atom is 0.159 e. The molecular formula is C12H15ClO2. The van der Waals surface area contributed by atoms with E-state index < -0.39 is 0 Å². The molecule has 0 aliphatic rings. The number of hydrogen-bond acceptors (Lipinski definition) is 2. The number of carbonyl (C=O) groups is 1. The van der Waals surface area contributed by atoms with Crippen LogP contribution in [0.15, 0.2) is 18.2 Å². The minimum Gasteiger partial charge on any atom is -0.492 e. The highest BCUT2D eigenvalue weighted by atomic mass is 35.5. The normalized spacial score (nSPS) is 10.1. The van der Waals surface area contributed by atoms with Crippen molar-refractivity contribution in [3.8, 4) is 5.75 Å². The van der Waals surface area contributed by atoms with Gasteiger partial charge in [0.25, 0.3) is 0 Å². The summed E-state index contributed by atoms with van der Waals surface area (Å²) in [5, 5.41) is 0.499. The fourth-order valence-electron chi connectivity index (χ4n) is 1.16. The van der Waals surface area contributed by atoms with Crippen molar-refractivity contribution < 1.29 is 9.53 Å².